The van der Waals surface area contributed by atoms with E-state index in [4.69, 9.17) is 5.11 Å². The molecule has 0 radical (unpaired) electrons. The van der Waals surface area contributed by atoms with Gasteiger partial charge in [0.2, 0.25) is 5.91 Å². The van der Waals surface area contributed by atoms with Crippen molar-refractivity contribution in [2.75, 3.05) is 11.9 Å². The first-order valence-corrected chi connectivity index (χ1v) is 7.78. The summed E-state index contributed by atoms with van der Waals surface area (Å²) in [5.41, 5.74) is 1.69. The SMILES string of the molecule is O=C(Nc1ccc(C#CCO)cc1)C1C2C3CCC(C3)C12. The van der Waals surface area contributed by atoms with E-state index >= 15 is 0 Å². The van der Waals surface area contributed by atoms with Crippen LogP contribution in [0.3, 0.4) is 0 Å². The summed E-state index contributed by atoms with van der Waals surface area (Å²) in [6.07, 6.45) is 4.05. The topological polar surface area (TPSA) is 49.3 Å². The van der Waals surface area contributed by atoms with Crippen LogP contribution in [0.5, 0.6) is 0 Å². The van der Waals surface area contributed by atoms with Gasteiger partial charge in [0.15, 0.2) is 0 Å². The lowest BCUT2D eigenvalue weighted by Gasteiger charge is -2.09. The Bertz CT molecular complexity index is 609. The standard InChI is InChI=1S/C18H19NO2/c20-9-1-2-11-3-7-14(8-4-11)19-18(21)17-15-12-5-6-13(10-12)16(15)17/h3-4,7-8,12-13,15-17,20H,5-6,9-10H2,(H,19,21). The van der Waals surface area contributed by atoms with E-state index < -0.39 is 0 Å². The van der Waals surface area contributed by atoms with E-state index in [1.807, 2.05) is 24.3 Å². The van der Waals surface area contributed by atoms with Crippen LogP contribution in [-0.2, 0) is 4.79 Å². The summed E-state index contributed by atoms with van der Waals surface area (Å²) in [5, 5.41) is 11.7. The number of benzene rings is 1. The zero-order chi connectivity index (χ0) is 14.4. The Morgan fingerprint density at radius 2 is 1.86 bits per heavy atom. The van der Waals surface area contributed by atoms with E-state index in [1.54, 1.807) is 0 Å². The maximum atomic E-state index is 12.4. The van der Waals surface area contributed by atoms with Crippen molar-refractivity contribution in [3.05, 3.63) is 29.8 Å². The van der Waals surface area contributed by atoms with Gasteiger partial charge in [-0.3, -0.25) is 4.79 Å². The molecule has 3 heteroatoms. The summed E-state index contributed by atoms with van der Waals surface area (Å²) in [6, 6.07) is 7.50. The molecule has 2 N–H and O–H groups in total. The number of aliphatic hydroxyl groups excluding tert-OH is 1. The first kappa shape index (κ1) is 12.9. The molecular formula is C18H19NO2. The van der Waals surface area contributed by atoms with Gasteiger partial charge in [-0.15, -0.1) is 0 Å². The Hall–Kier alpha value is -1.79. The number of anilines is 1. The highest BCUT2D eigenvalue weighted by Crippen LogP contribution is 2.69. The fourth-order valence-electron chi connectivity index (χ4n) is 4.68. The Labute approximate surface area is 124 Å². The lowest BCUT2D eigenvalue weighted by atomic mass is 10.0. The van der Waals surface area contributed by atoms with Gasteiger partial charge in [-0.1, -0.05) is 11.8 Å². The van der Waals surface area contributed by atoms with Crippen LogP contribution in [0.1, 0.15) is 24.8 Å². The third-order valence-electron chi connectivity index (χ3n) is 5.50. The molecule has 0 heterocycles. The number of carbonyl (C=O) groups is 1. The molecule has 2 bridgehead atoms. The minimum atomic E-state index is -0.134. The molecule has 3 nitrogen and oxygen atoms in total. The number of nitrogens with one attached hydrogen (secondary N) is 1. The number of aliphatic hydroxyl groups is 1. The van der Waals surface area contributed by atoms with Crippen molar-refractivity contribution in [1.29, 1.82) is 0 Å². The van der Waals surface area contributed by atoms with Crippen molar-refractivity contribution in [2.24, 2.45) is 29.6 Å². The lowest BCUT2D eigenvalue weighted by molar-refractivity contribution is -0.118. The average molecular weight is 281 g/mol. The number of hydrogen-bond donors (Lipinski definition) is 2. The quantitative estimate of drug-likeness (QED) is 0.817. The van der Waals surface area contributed by atoms with E-state index in [2.05, 4.69) is 17.2 Å². The summed E-state index contributed by atoms with van der Waals surface area (Å²) in [6.45, 7) is -0.134. The molecular weight excluding hydrogens is 262 g/mol. The third kappa shape index (κ3) is 2.15. The average Bonchev–Trinajstić information content (AvgIpc) is 2.95. The van der Waals surface area contributed by atoms with E-state index in [-0.39, 0.29) is 18.4 Å². The molecule has 0 aliphatic heterocycles. The number of rotatable bonds is 2. The van der Waals surface area contributed by atoms with Crippen molar-refractivity contribution < 1.29 is 9.90 Å². The van der Waals surface area contributed by atoms with Crippen molar-refractivity contribution in [2.45, 2.75) is 19.3 Å². The minimum Gasteiger partial charge on any atom is -0.384 e. The number of fused-ring (bicyclic) bond motifs is 5. The molecule has 1 aromatic rings. The largest absolute Gasteiger partial charge is 0.384 e. The van der Waals surface area contributed by atoms with Gasteiger partial charge in [0.25, 0.3) is 0 Å². The van der Waals surface area contributed by atoms with E-state index in [9.17, 15) is 4.79 Å². The summed E-state index contributed by atoms with van der Waals surface area (Å²) in [7, 11) is 0. The second-order valence-corrected chi connectivity index (χ2v) is 6.54. The maximum Gasteiger partial charge on any atom is 0.228 e. The first-order valence-electron chi connectivity index (χ1n) is 7.78. The van der Waals surface area contributed by atoms with Gasteiger partial charge in [-0.25, -0.2) is 0 Å². The van der Waals surface area contributed by atoms with Crippen LogP contribution in [0.2, 0.25) is 0 Å². The Morgan fingerprint density at radius 1 is 1.19 bits per heavy atom. The highest BCUT2D eigenvalue weighted by Gasteiger charge is 2.67. The van der Waals surface area contributed by atoms with E-state index in [1.165, 1.54) is 19.3 Å². The predicted octanol–water partition coefficient (Wildman–Crippen LogP) is 2.26. The van der Waals surface area contributed by atoms with Crippen LogP contribution < -0.4 is 5.32 Å². The highest BCUT2D eigenvalue weighted by atomic mass is 16.2. The molecule has 3 aliphatic rings. The van der Waals surface area contributed by atoms with E-state index in [0.29, 0.717) is 11.8 Å². The molecule has 3 fully saturated rings. The zero-order valence-corrected chi connectivity index (χ0v) is 11.9. The monoisotopic (exact) mass is 281 g/mol. The molecule has 4 unspecified atom stereocenters. The van der Waals surface area contributed by atoms with Crippen LogP contribution in [0.15, 0.2) is 24.3 Å². The molecule has 21 heavy (non-hydrogen) atoms. The van der Waals surface area contributed by atoms with Crippen molar-refractivity contribution in [3.8, 4) is 11.8 Å². The summed E-state index contributed by atoms with van der Waals surface area (Å²) >= 11 is 0. The van der Waals surface area contributed by atoms with Gasteiger partial charge < -0.3 is 10.4 Å². The second-order valence-electron chi connectivity index (χ2n) is 6.54. The van der Waals surface area contributed by atoms with Gasteiger partial charge in [-0.05, 0) is 67.2 Å². The van der Waals surface area contributed by atoms with E-state index in [0.717, 1.165) is 23.1 Å². The van der Waals surface area contributed by atoms with Crippen LogP contribution in [-0.4, -0.2) is 17.6 Å². The molecule has 0 aromatic heterocycles. The molecule has 4 rings (SSSR count). The van der Waals surface area contributed by atoms with Crippen molar-refractivity contribution >= 4 is 11.6 Å². The predicted molar refractivity (Wildman–Crippen MR) is 80.3 cm³/mol. The smallest absolute Gasteiger partial charge is 0.228 e. The minimum absolute atomic E-state index is 0.134. The highest BCUT2D eigenvalue weighted by molar-refractivity contribution is 5.95. The molecule has 0 spiro atoms. The van der Waals surface area contributed by atoms with Crippen molar-refractivity contribution in [3.63, 3.8) is 0 Å². The van der Waals surface area contributed by atoms with Crippen LogP contribution >= 0.6 is 0 Å². The van der Waals surface area contributed by atoms with Gasteiger partial charge in [0, 0.05) is 17.2 Å². The molecule has 108 valence electrons. The zero-order valence-electron chi connectivity index (χ0n) is 11.9. The Balaban J connectivity index is 1.39. The van der Waals surface area contributed by atoms with Crippen LogP contribution in [0.4, 0.5) is 5.69 Å². The van der Waals surface area contributed by atoms with Gasteiger partial charge in [-0.2, -0.15) is 0 Å². The fraction of sp³-hybridized carbons (Fsp3) is 0.500. The Kier molecular flexibility index (Phi) is 3.01. The summed E-state index contributed by atoms with van der Waals surface area (Å²) in [5.74, 6) is 8.95. The third-order valence-corrected chi connectivity index (χ3v) is 5.50. The molecule has 1 aromatic carbocycles. The fourth-order valence-corrected chi connectivity index (χ4v) is 4.68. The first-order chi connectivity index (χ1) is 10.3. The maximum absolute atomic E-state index is 12.4. The molecule has 4 atom stereocenters. The number of amides is 1. The van der Waals surface area contributed by atoms with Crippen LogP contribution in [0.25, 0.3) is 0 Å². The molecule has 3 saturated carbocycles. The Morgan fingerprint density at radius 3 is 2.48 bits per heavy atom. The number of hydrogen-bond acceptors (Lipinski definition) is 2. The summed E-state index contributed by atoms with van der Waals surface area (Å²) in [4.78, 5) is 12.4. The van der Waals surface area contributed by atoms with Crippen LogP contribution in [0, 0.1) is 41.4 Å². The van der Waals surface area contributed by atoms with Gasteiger partial charge in [0.05, 0.1) is 0 Å². The summed E-state index contributed by atoms with van der Waals surface area (Å²) < 4.78 is 0. The van der Waals surface area contributed by atoms with Gasteiger partial charge >= 0.3 is 0 Å². The lowest BCUT2D eigenvalue weighted by Crippen LogP contribution is -2.18. The molecule has 1 amide bonds. The number of carbonyl (C=O) groups excluding carboxylic acids is 1. The second kappa shape index (κ2) is 4.89. The molecule has 0 saturated heterocycles. The normalized spacial score (nSPS) is 34.8. The van der Waals surface area contributed by atoms with Gasteiger partial charge in [0.1, 0.15) is 6.61 Å². The molecule has 3 aliphatic carbocycles. The van der Waals surface area contributed by atoms with Crippen molar-refractivity contribution in [1.82, 2.24) is 0 Å².